The Bertz CT molecular complexity index is 1130. The Kier molecular flexibility index (Phi) is 6.70. The normalized spacial score (nSPS) is 14.9. The lowest BCUT2D eigenvalue weighted by Crippen LogP contribution is -2.27. The molecule has 0 radical (unpaired) electrons. The highest BCUT2D eigenvalue weighted by atomic mass is 32.2. The van der Waals surface area contributed by atoms with E-state index in [4.69, 9.17) is 21.7 Å². The summed E-state index contributed by atoms with van der Waals surface area (Å²) >= 11 is 6.73. The van der Waals surface area contributed by atoms with Gasteiger partial charge in [0.15, 0.2) is 4.32 Å². The second-order valence-corrected chi connectivity index (χ2v) is 8.56. The van der Waals surface area contributed by atoms with E-state index in [2.05, 4.69) is 0 Å². The lowest BCUT2D eigenvalue weighted by Gasteiger charge is -2.13. The molecule has 1 aliphatic rings. The first kappa shape index (κ1) is 21.2. The van der Waals surface area contributed by atoms with Crippen molar-refractivity contribution in [2.75, 3.05) is 18.1 Å². The molecule has 1 aliphatic heterocycles. The van der Waals surface area contributed by atoms with Gasteiger partial charge in [-0.2, -0.15) is 0 Å². The maximum absolute atomic E-state index is 12.9. The van der Waals surface area contributed by atoms with E-state index in [0.717, 1.165) is 28.3 Å². The van der Waals surface area contributed by atoms with E-state index < -0.39 is 0 Å². The van der Waals surface area contributed by atoms with Gasteiger partial charge < -0.3 is 9.47 Å². The van der Waals surface area contributed by atoms with Gasteiger partial charge in [-0.1, -0.05) is 72.5 Å². The number of anilines is 1. The molecule has 0 atom stereocenters. The highest BCUT2D eigenvalue weighted by Crippen LogP contribution is 2.36. The first-order chi connectivity index (χ1) is 15.1. The lowest BCUT2D eigenvalue weighted by molar-refractivity contribution is -0.113. The Labute approximate surface area is 191 Å². The van der Waals surface area contributed by atoms with Crippen LogP contribution in [0, 0.1) is 6.92 Å². The maximum atomic E-state index is 12.9. The van der Waals surface area contributed by atoms with Gasteiger partial charge in [0, 0.05) is 0 Å². The average Bonchev–Trinajstić information content (AvgIpc) is 3.06. The number of thioether (sulfide) groups is 1. The molecule has 0 bridgehead atoms. The molecule has 4 nitrogen and oxygen atoms in total. The number of aryl methyl sites for hydroxylation is 1. The zero-order valence-corrected chi connectivity index (χ0v) is 18.6. The molecule has 156 valence electrons. The van der Waals surface area contributed by atoms with Gasteiger partial charge in [0.1, 0.15) is 24.7 Å². The van der Waals surface area contributed by atoms with Crippen molar-refractivity contribution >= 4 is 46.0 Å². The van der Waals surface area contributed by atoms with Crippen molar-refractivity contribution in [3.8, 4) is 11.5 Å². The third-order valence-electron chi connectivity index (χ3n) is 4.67. The number of nitrogens with zero attached hydrogens (tertiary/aromatic N) is 1. The maximum Gasteiger partial charge on any atom is 0.270 e. The number of thiocarbonyl (C=S) groups is 1. The van der Waals surface area contributed by atoms with Crippen LogP contribution in [-0.4, -0.2) is 23.4 Å². The monoisotopic (exact) mass is 447 g/mol. The van der Waals surface area contributed by atoms with E-state index in [0.29, 0.717) is 22.4 Å². The molecule has 0 spiro atoms. The summed E-state index contributed by atoms with van der Waals surface area (Å²) in [5.74, 6) is 1.47. The van der Waals surface area contributed by atoms with E-state index in [1.54, 1.807) is 4.90 Å². The molecule has 31 heavy (non-hydrogen) atoms. The SMILES string of the molecule is Cc1ccccc1OCCOc1cccc(/C=C2\SC(=S)N(c3ccccc3)C2=O)c1. The van der Waals surface area contributed by atoms with Gasteiger partial charge in [0.2, 0.25) is 0 Å². The number of amides is 1. The Morgan fingerprint density at radius 2 is 1.68 bits per heavy atom. The fourth-order valence-electron chi connectivity index (χ4n) is 3.14. The minimum absolute atomic E-state index is 0.112. The Balaban J connectivity index is 1.39. The smallest absolute Gasteiger partial charge is 0.270 e. The molecule has 0 saturated carbocycles. The predicted octanol–water partition coefficient (Wildman–Crippen LogP) is 5.86. The highest BCUT2D eigenvalue weighted by molar-refractivity contribution is 8.27. The highest BCUT2D eigenvalue weighted by Gasteiger charge is 2.33. The van der Waals surface area contributed by atoms with Crippen molar-refractivity contribution in [1.29, 1.82) is 0 Å². The minimum atomic E-state index is -0.112. The zero-order chi connectivity index (χ0) is 21.6. The fourth-order valence-corrected chi connectivity index (χ4v) is 4.44. The van der Waals surface area contributed by atoms with Crippen LogP contribution in [0.5, 0.6) is 11.5 Å². The van der Waals surface area contributed by atoms with Crippen LogP contribution in [0.15, 0.2) is 83.8 Å². The van der Waals surface area contributed by atoms with Crippen LogP contribution in [0.1, 0.15) is 11.1 Å². The van der Waals surface area contributed by atoms with Crippen molar-refractivity contribution in [3.63, 3.8) is 0 Å². The largest absolute Gasteiger partial charge is 0.490 e. The van der Waals surface area contributed by atoms with Gasteiger partial charge in [-0.15, -0.1) is 0 Å². The molecular formula is C25H21NO3S2. The molecule has 1 heterocycles. The molecule has 1 amide bonds. The molecule has 1 fully saturated rings. The summed E-state index contributed by atoms with van der Waals surface area (Å²) in [4.78, 5) is 15.0. The number of para-hydroxylation sites is 2. The van der Waals surface area contributed by atoms with E-state index >= 15 is 0 Å². The van der Waals surface area contributed by atoms with Gasteiger partial charge in [-0.3, -0.25) is 9.69 Å². The number of ether oxygens (including phenoxy) is 2. The molecule has 1 saturated heterocycles. The second kappa shape index (κ2) is 9.81. The van der Waals surface area contributed by atoms with Crippen LogP contribution in [-0.2, 0) is 4.79 Å². The Morgan fingerprint density at radius 3 is 2.48 bits per heavy atom. The summed E-state index contributed by atoms with van der Waals surface area (Å²) in [5, 5.41) is 0. The predicted molar refractivity (Wildman–Crippen MR) is 131 cm³/mol. The molecule has 0 unspecified atom stereocenters. The summed E-state index contributed by atoms with van der Waals surface area (Å²) < 4.78 is 12.1. The first-order valence-electron chi connectivity index (χ1n) is 9.86. The van der Waals surface area contributed by atoms with E-state index in [-0.39, 0.29) is 5.91 Å². The Morgan fingerprint density at radius 1 is 0.935 bits per heavy atom. The molecule has 0 aromatic heterocycles. The van der Waals surface area contributed by atoms with Crippen molar-refractivity contribution in [1.82, 2.24) is 0 Å². The first-order valence-corrected chi connectivity index (χ1v) is 11.1. The van der Waals surface area contributed by atoms with E-state index in [1.165, 1.54) is 11.8 Å². The van der Waals surface area contributed by atoms with Crippen molar-refractivity contribution in [2.24, 2.45) is 0 Å². The second-order valence-electron chi connectivity index (χ2n) is 6.89. The standard InChI is InChI=1S/C25H21NO3S2/c1-18-8-5-6-13-22(18)29-15-14-28-21-12-7-9-19(16-21)17-23-24(27)26(25(30)31-23)20-10-3-2-4-11-20/h2-13,16-17H,14-15H2,1H3/b23-17-. The van der Waals surface area contributed by atoms with Crippen molar-refractivity contribution < 1.29 is 14.3 Å². The fraction of sp³-hybridized carbons (Fsp3) is 0.120. The summed E-state index contributed by atoms with van der Waals surface area (Å²) in [6, 6.07) is 25.0. The molecule has 3 aromatic rings. The number of carbonyl (C=O) groups is 1. The third kappa shape index (κ3) is 5.16. The summed E-state index contributed by atoms with van der Waals surface area (Å²) in [5.41, 5.74) is 2.75. The van der Waals surface area contributed by atoms with E-state index in [9.17, 15) is 4.79 Å². The minimum Gasteiger partial charge on any atom is -0.490 e. The molecule has 0 N–H and O–H groups in total. The molecule has 0 aliphatic carbocycles. The Hall–Kier alpha value is -3.09. The topological polar surface area (TPSA) is 38.8 Å². The van der Waals surface area contributed by atoms with Gasteiger partial charge in [0.25, 0.3) is 5.91 Å². The molecule has 6 heteroatoms. The number of rotatable bonds is 7. The molecular weight excluding hydrogens is 426 g/mol. The van der Waals surface area contributed by atoms with Gasteiger partial charge >= 0.3 is 0 Å². The van der Waals surface area contributed by atoms with E-state index in [1.807, 2.05) is 91.9 Å². The third-order valence-corrected chi connectivity index (χ3v) is 5.97. The average molecular weight is 448 g/mol. The van der Waals surface area contributed by atoms with Gasteiger partial charge in [-0.05, 0) is 54.5 Å². The number of hydrogen-bond donors (Lipinski definition) is 0. The quantitative estimate of drug-likeness (QED) is 0.258. The van der Waals surface area contributed by atoms with Crippen LogP contribution >= 0.6 is 24.0 Å². The van der Waals surface area contributed by atoms with Gasteiger partial charge in [-0.25, -0.2) is 0 Å². The van der Waals surface area contributed by atoms with Crippen LogP contribution in [0.4, 0.5) is 5.69 Å². The molecule has 4 rings (SSSR count). The molecule has 3 aromatic carbocycles. The summed E-state index contributed by atoms with van der Waals surface area (Å²) in [7, 11) is 0. The zero-order valence-electron chi connectivity index (χ0n) is 17.0. The van der Waals surface area contributed by atoms with Crippen LogP contribution in [0.2, 0.25) is 0 Å². The van der Waals surface area contributed by atoms with Crippen molar-refractivity contribution in [3.05, 3.63) is 94.9 Å². The van der Waals surface area contributed by atoms with Gasteiger partial charge in [0.05, 0.1) is 10.6 Å². The number of hydrogen-bond acceptors (Lipinski definition) is 5. The lowest BCUT2D eigenvalue weighted by atomic mass is 10.2. The van der Waals surface area contributed by atoms with Crippen LogP contribution < -0.4 is 14.4 Å². The summed E-state index contributed by atoms with van der Waals surface area (Å²) in [6.45, 7) is 2.89. The number of benzene rings is 3. The number of carbonyl (C=O) groups excluding carboxylic acids is 1. The van der Waals surface area contributed by atoms with Crippen LogP contribution in [0.3, 0.4) is 0 Å². The van der Waals surface area contributed by atoms with Crippen molar-refractivity contribution in [2.45, 2.75) is 6.92 Å². The van der Waals surface area contributed by atoms with Crippen LogP contribution in [0.25, 0.3) is 6.08 Å². The summed E-state index contributed by atoms with van der Waals surface area (Å²) in [6.07, 6.45) is 1.85.